The maximum atomic E-state index is 11.6. The van der Waals surface area contributed by atoms with Gasteiger partial charge in [-0.15, -0.1) is 0 Å². The molecule has 0 fully saturated rings. The van der Waals surface area contributed by atoms with Gasteiger partial charge in [0.2, 0.25) is 0 Å². The van der Waals surface area contributed by atoms with E-state index in [1.165, 1.54) is 18.2 Å². The van der Waals surface area contributed by atoms with Gasteiger partial charge in [-0.1, -0.05) is 0 Å². The van der Waals surface area contributed by atoms with Crippen LogP contribution in [0.15, 0.2) is 18.2 Å². The Kier molecular flexibility index (Phi) is 5.29. The fourth-order valence-corrected chi connectivity index (χ4v) is 1.35. The second kappa shape index (κ2) is 6.75. The van der Waals surface area contributed by atoms with Crippen LogP contribution in [0.25, 0.3) is 0 Å². The van der Waals surface area contributed by atoms with Crippen molar-refractivity contribution in [3.05, 3.63) is 23.8 Å². The number of carbonyl (C=O) groups is 1. The van der Waals surface area contributed by atoms with Crippen molar-refractivity contribution < 1.29 is 19.7 Å². The Balaban J connectivity index is 2.41. The highest BCUT2D eigenvalue weighted by molar-refractivity contribution is 5.94. The van der Waals surface area contributed by atoms with E-state index in [1.807, 2.05) is 6.92 Å². The van der Waals surface area contributed by atoms with Crippen LogP contribution < -0.4 is 5.32 Å². The molecule has 5 heteroatoms. The highest BCUT2D eigenvalue weighted by atomic mass is 16.5. The second-order valence-corrected chi connectivity index (χ2v) is 3.54. The monoisotopic (exact) mass is 239 g/mol. The minimum atomic E-state index is -0.326. The summed E-state index contributed by atoms with van der Waals surface area (Å²) in [5.74, 6) is -0.596. The summed E-state index contributed by atoms with van der Waals surface area (Å²) < 4.78 is 5.13. The van der Waals surface area contributed by atoms with Crippen LogP contribution in [-0.2, 0) is 4.74 Å². The number of ether oxygens (including phenoxy) is 1. The summed E-state index contributed by atoms with van der Waals surface area (Å²) >= 11 is 0. The first-order valence-corrected chi connectivity index (χ1v) is 5.52. The summed E-state index contributed by atoms with van der Waals surface area (Å²) in [6.45, 7) is 3.67. The molecule has 0 aromatic heterocycles. The zero-order valence-electron chi connectivity index (χ0n) is 9.77. The highest BCUT2D eigenvalue weighted by Crippen LogP contribution is 2.20. The lowest BCUT2D eigenvalue weighted by Crippen LogP contribution is -2.25. The lowest BCUT2D eigenvalue weighted by molar-refractivity contribution is 0.0943. The summed E-state index contributed by atoms with van der Waals surface area (Å²) in [5, 5.41) is 21.1. The minimum absolute atomic E-state index is 0.135. The molecule has 0 aliphatic rings. The van der Waals surface area contributed by atoms with Gasteiger partial charge in [0.05, 0.1) is 0 Å². The molecular formula is C12H17NO4. The molecule has 17 heavy (non-hydrogen) atoms. The van der Waals surface area contributed by atoms with E-state index in [4.69, 9.17) is 4.74 Å². The Hall–Kier alpha value is -1.75. The predicted molar refractivity (Wildman–Crippen MR) is 63.2 cm³/mol. The van der Waals surface area contributed by atoms with E-state index in [1.54, 1.807) is 0 Å². The van der Waals surface area contributed by atoms with Gasteiger partial charge in [0.25, 0.3) is 5.91 Å². The normalized spacial score (nSPS) is 10.2. The molecular weight excluding hydrogens is 222 g/mol. The lowest BCUT2D eigenvalue weighted by Gasteiger charge is -2.06. The summed E-state index contributed by atoms with van der Waals surface area (Å²) in [4.78, 5) is 11.6. The first kappa shape index (κ1) is 13.3. The number of phenols is 2. The number of aromatic hydroxyl groups is 2. The van der Waals surface area contributed by atoms with Crippen molar-refractivity contribution in [2.24, 2.45) is 0 Å². The molecule has 0 unspecified atom stereocenters. The zero-order chi connectivity index (χ0) is 12.7. The van der Waals surface area contributed by atoms with Gasteiger partial charge in [0.1, 0.15) is 11.5 Å². The van der Waals surface area contributed by atoms with Gasteiger partial charge in [-0.25, -0.2) is 0 Å². The van der Waals surface area contributed by atoms with Gasteiger partial charge in [0, 0.05) is 31.4 Å². The van der Waals surface area contributed by atoms with Crippen LogP contribution in [0.2, 0.25) is 0 Å². The molecule has 1 amide bonds. The van der Waals surface area contributed by atoms with Crippen molar-refractivity contribution in [3.63, 3.8) is 0 Å². The molecule has 0 atom stereocenters. The fraction of sp³-hybridized carbons (Fsp3) is 0.417. The van der Waals surface area contributed by atoms with Crippen molar-refractivity contribution in [1.82, 2.24) is 5.32 Å². The molecule has 0 heterocycles. The average molecular weight is 239 g/mol. The van der Waals surface area contributed by atoms with E-state index in [2.05, 4.69) is 5.32 Å². The smallest absolute Gasteiger partial charge is 0.251 e. The van der Waals surface area contributed by atoms with Gasteiger partial charge in [-0.2, -0.15) is 0 Å². The Bertz CT molecular complexity index is 359. The average Bonchev–Trinajstić information content (AvgIpc) is 2.27. The number of hydrogen-bond acceptors (Lipinski definition) is 4. The number of carbonyl (C=O) groups excluding carboxylic acids is 1. The molecule has 0 spiro atoms. The van der Waals surface area contributed by atoms with E-state index in [0.717, 1.165) is 6.42 Å². The van der Waals surface area contributed by atoms with E-state index in [0.29, 0.717) is 19.8 Å². The van der Waals surface area contributed by atoms with Crippen molar-refractivity contribution in [1.29, 1.82) is 0 Å². The molecule has 0 bridgehead atoms. The molecule has 0 aliphatic carbocycles. The van der Waals surface area contributed by atoms with Crippen LogP contribution in [0.3, 0.4) is 0 Å². The second-order valence-electron chi connectivity index (χ2n) is 3.54. The van der Waals surface area contributed by atoms with Crippen LogP contribution in [-0.4, -0.2) is 35.9 Å². The van der Waals surface area contributed by atoms with E-state index in [9.17, 15) is 15.0 Å². The third kappa shape index (κ3) is 4.74. The Morgan fingerprint density at radius 2 is 1.94 bits per heavy atom. The molecule has 1 rings (SSSR count). The van der Waals surface area contributed by atoms with Crippen molar-refractivity contribution in [2.45, 2.75) is 13.3 Å². The van der Waals surface area contributed by atoms with Crippen molar-refractivity contribution in [3.8, 4) is 11.5 Å². The number of amides is 1. The quantitative estimate of drug-likeness (QED) is 0.653. The Morgan fingerprint density at radius 1 is 1.29 bits per heavy atom. The maximum Gasteiger partial charge on any atom is 0.251 e. The number of hydrogen-bond donors (Lipinski definition) is 3. The topological polar surface area (TPSA) is 78.8 Å². The first-order valence-electron chi connectivity index (χ1n) is 5.52. The number of rotatable bonds is 6. The van der Waals surface area contributed by atoms with Crippen molar-refractivity contribution in [2.75, 3.05) is 19.8 Å². The molecule has 0 aliphatic heterocycles. The Morgan fingerprint density at radius 3 is 2.53 bits per heavy atom. The number of nitrogens with one attached hydrogen (secondary N) is 1. The van der Waals surface area contributed by atoms with Gasteiger partial charge in [-0.05, 0) is 25.5 Å². The third-order valence-corrected chi connectivity index (χ3v) is 2.12. The predicted octanol–water partition coefficient (Wildman–Crippen LogP) is 1.25. The summed E-state index contributed by atoms with van der Waals surface area (Å²) in [7, 11) is 0. The van der Waals surface area contributed by atoms with Gasteiger partial charge >= 0.3 is 0 Å². The summed E-state index contributed by atoms with van der Waals surface area (Å²) in [5.41, 5.74) is 0.235. The fourth-order valence-electron chi connectivity index (χ4n) is 1.35. The van der Waals surface area contributed by atoms with Crippen LogP contribution in [0.5, 0.6) is 11.5 Å². The third-order valence-electron chi connectivity index (χ3n) is 2.12. The van der Waals surface area contributed by atoms with Crippen molar-refractivity contribution >= 4 is 5.91 Å². The SMILES string of the molecule is CCOCCCNC(=O)c1cc(O)cc(O)c1. The molecule has 3 N–H and O–H groups in total. The molecule has 1 aromatic carbocycles. The number of phenolic OH excluding ortho intramolecular Hbond substituents is 2. The van der Waals surface area contributed by atoms with E-state index >= 15 is 0 Å². The van der Waals surface area contributed by atoms with Gasteiger partial charge in [0.15, 0.2) is 0 Å². The van der Waals surface area contributed by atoms with E-state index in [-0.39, 0.29) is 23.0 Å². The first-order chi connectivity index (χ1) is 8.13. The van der Waals surface area contributed by atoms with Gasteiger partial charge in [-0.3, -0.25) is 4.79 Å². The van der Waals surface area contributed by atoms with Crippen LogP contribution in [0.1, 0.15) is 23.7 Å². The lowest BCUT2D eigenvalue weighted by atomic mass is 10.2. The van der Waals surface area contributed by atoms with Gasteiger partial charge < -0.3 is 20.3 Å². The molecule has 0 saturated heterocycles. The van der Waals surface area contributed by atoms with Crippen LogP contribution in [0, 0.1) is 0 Å². The minimum Gasteiger partial charge on any atom is -0.508 e. The Labute approximate surface area is 100 Å². The summed E-state index contributed by atoms with van der Waals surface area (Å²) in [6.07, 6.45) is 0.727. The summed E-state index contributed by atoms with van der Waals surface area (Å²) in [6, 6.07) is 3.78. The zero-order valence-corrected chi connectivity index (χ0v) is 9.77. The van der Waals surface area contributed by atoms with Crippen LogP contribution >= 0.6 is 0 Å². The largest absolute Gasteiger partial charge is 0.508 e. The molecule has 5 nitrogen and oxygen atoms in total. The molecule has 1 aromatic rings. The highest BCUT2D eigenvalue weighted by Gasteiger charge is 2.07. The van der Waals surface area contributed by atoms with E-state index < -0.39 is 0 Å². The molecule has 94 valence electrons. The standard InChI is InChI=1S/C12H17NO4/c1-2-17-5-3-4-13-12(16)9-6-10(14)8-11(15)7-9/h6-8,14-15H,2-5H2,1H3,(H,13,16). The maximum absolute atomic E-state index is 11.6. The van der Waals surface area contributed by atoms with Crippen LogP contribution in [0.4, 0.5) is 0 Å². The molecule has 0 saturated carbocycles. The molecule has 0 radical (unpaired) electrons. The number of benzene rings is 1.